The van der Waals surface area contributed by atoms with E-state index in [0.717, 1.165) is 11.3 Å². The molecule has 176 valence electrons. The lowest BCUT2D eigenvalue weighted by molar-refractivity contribution is -0.111. The third kappa shape index (κ3) is 5.34. The summed E-state index contributed by atoms with van der Waals surface area (Å²) in [6, 6.07) is 15.6. The number of nitrogens with zero attached hydrogens (tertiary/aromatic N) is 3. The van der Waals surface area contributed by atoms with Gasteiger partial charge in [-0.2, -0.15) is 5.10 Å². The smallest absolute Gasteiger partial charge is 0.358 e. The van der Waals surface area contributed by atoms with Crippen molar-refractivity contribution in [1.29, 1.82) is 0 Å². The maximum Gasteiger partial charge on any atom is 0.358 e. The minimum atomic E-state index is -3.21. The summed E-state index contributed by atoms with van der Waals surface area (Å²) in [5, 5.41) is 6.98. The summed E-state index contributed by atoms with van der Waals surface area (Å²) in [5.74, 6) is -0.609. The van der Waals surface area contributed by atoms with Gasteiger partial charge in [-0.05, 0) is 67.4 Å². The van der Waals surface area contributed by atoms with Crippen LogP contribution >= 0.6 is 0 Å². The van der Waals surface area contributed by atoms with Crippen LogP contribution < -0.4 is 9.62 Å². The molecule has 1 N–H and O–H groups in total. The molecule has 0 spiro atoms. The van der Waals surface area contributed by atoms with Gasteiger partial charge in [0, 0.05) is 24.5 Å². The highest BCUT2D eigenvalue weighted by molar-refractivity contribution is 7.93. The van der Waals surface area contributed by atoms with Gasteiger partial charge in [-0.15, -0.1) is 0 Å². The molecule has 0 saturated carbocycles. The Labute approximate surface area is 197 Å². The van der Waals surface area contributed by atoms with Gasteiger partial charge in [0.05, 0.1) is 23.7 Å². The Balaban J connectivity index is 1.34. The van der Waals surface area contributed by atoms with Gasteiger partial charge >= 0.3 is 5.97 Å². The van der Waals surface area contributed by atoms with Gasteiger partial charge in [0.25, 0.3) is 0 Å². The molecule has 0 aliphatic carbocycles. The van der Waals surface area contributed by atoms with Gasteiger partial charge < -0.3 is 10.1 Å². The predicted octanol–water partition coefficient (Wildman–Crippen LogP) is 3.24. The fourth-order valence-electron chi connectivity index (χ4n) is 3.52. The van der Waals surface area contributed by atoms with Crippen molar-refractivity contribution < 1.29 is 22.7 Å². The molecule has 2 heterocycles. The van der Waals surface area contributed by atoms with E-state index in [2.05, 4.69) is 10.4 Å². The van der Waals surface area contributed by atoms with Crippen LogP contribution in [0, 0.1) is 0 Å². The normalized spacial score (nSPS) is 14.9. The maximum atomic E-state index is 12.3. The van der Waals surface area contributed by atoms with Gasteiger partial charge in [-0.25, -0.2) is 17.9 Å². The van der Waals surface area contributed by atoms with Crippen molar-refractivity contribution in [3.8, 4) is 5.69 Å². The second-order valence-corrected chi connectivity index (χ2v) is 9.58. The predicted molar refractivity (Wildman–Crippen MR) is 129 cm³/mol. The molecule has 1 fully saturated rings. The van der Waals surface area contributed by atoms with Gasteiger partial charge in [0.1, 0.15) is 0 Å². The first-order chi connectivity index (χ1) is 16.4. The van der Waals surface area contributed by atoms with Crippen molar-refractivity contribution in [2.45, 2.75) is 13.3 Å². The van der Waals surface area contributed by atoms with E-state index in [1.807, 2.05) is 0 Å². The number of carbonyl (C=O) groups excluding carboxylic acids is 2. The van der Waals surface area contributed by atoms with Gasteiger partial charge in [-0.3, -0.25) is 9.10 Å². The Hall–Kier alpha value is -3.92. The summed E-state index contributed by atoms with van der Waals surface area (Å²) in [6.45, 7) is 2.51. The standard InChI is InChI=1S/C24H24N4O5S/c1-2-33-24(30)22-14-16-27(26-22)20-11-7-19(8-12-20)25-23(29)13-6-18-4-9-21(10-5-18)28-15-3-17-34(28,31)32/h4-14,16H,2-3,15,17H2,1H3,(H,25,29). The van der Waals surface area contributed by atoms with E-state index >= 15 is 0 Å². The van der Waals surface area contributed by atoms with E-state index in [1.54, 1.807) is 78.5 Å². The number of esters is 1. The molecule has 0 unspecified atom stereocenters. The number of hydrogen-bond donors (Lipinski definition) is 1. The molecule has 1 aliphatic heterocycles. The van der Waals surface area contributed by atoms with Crippen LogP contribution in [0.5, 0.6) is 0 Å². The van der Waals surface area contributed by atoms with Crippen LogP contribution in [0.4, 0.5) is 11.4 Å². The van der Waals surface area contributed by atoms with Gasteiger partial charge in [-0.1, -0.05) is 12.1 Å². The van der Waals surface area contributed by atoms with Crippen molar-refractivity contribution in [2.24, 2.45) is 0 Å². The number of amides is 1. The van der Waals surface area contributed by atoms with Crippen molar-refractivity contribution in [3.05, 3.63) is 78.1 Å². The van der Waals surface area contributed by atoms with E-state index in [1.165, 1.54) is 10.4 Å². The van der Waals surface area contributed by atoms with Crippen LogP contribution in [0.25, 0.3) is 11.8 Å². The highest BCUT2D eigenvalue weighted by atomic mass is 32.2. The Bertz CT molecular complexity index is 1310. The Kier molecular flexibility index (Phi) is 6.78. The molecule has 1 amide bonds. The third-order valence-electron chi connectivity index (χ3n) is 5.18. The van der Waals surface area contributed by atoms with Gasteiger partial charge in [0.15, 0.2) is 5.69 Å². The SMILES string of the molecule is CCOC(=O)c1ccn(-c2ccc(NC(=O)C=Cc3ccc(N4CCCS4(=O)=O)cc3)cc2)n1. The molecule has 3 aromatic rings. The number of rotatable bonds is 7. The zero-order valence-corrected chi connectivity index (χ0v) is 19.4. The summed E-state index contributed by atoms with van der Waals surface area (Å²) >= 11 is 0. The van der Waals surface area contributed by atoms with Crippen LogP contribution in [-0.4, -0.2) is 49.0 Å². The molecular formula is C24H24N4O5S. The highest BCUT2D eigenvalue weighted by Crippen LogP contribution is 2.24. The minimum absolute atomic E-state index is 0.173. The van der Waals surface area contributed by atoms with E-state index < -0.39 is 16.0 Å². The molecule has 10 heteroatoms. The number of nitrogens with one attached hydrogen (secondary N) is 1. The number of carbonyl (C=O) groups is 2. The summed E-state index contributed by atoms with van der Waals surface area (Å²) in [6.07, 6.45) is 5.36. The largest absolute Gasteiger partial charge is 0.461 e. The molecule has 4 rings (SSSR count). The zero-order chi connectivity index (χ0) is 24.1. The minimum Gasteiger partial charge on any atom is -0.461 e. The van der Waals surface area contributed by atoms with E-state index in [-0.39, 0.29) is 24.0 Å². The number of hydrogen-bond acceptors (Lipinski definition) is 6. The highest BCUT2D eigenvalue weighted by Gasteiger charge is 2.28. The van der Waals surface area contributed by atoms with Crippen molar-refractivity contribution >= 4 is 39.4 Å². The molecule has 0 bridgehead atoms. The third-order valence-corrected chi connectivity index (χ3v) is 7.05. The quantitative estimate of drug-likeness (QED) is 0.411. The first-order valence-electron chi connectivity index (χ1n) is 10.8. The fraction of sp³-hybridized carbons (Fsp3) is 0.208. The van der Waals surface area contributed by atoms with E-state index in [4.69, 9.17) is 4.74 Å². The topological polar surface area (TPSA) is 111 Å². The Morgan fingerprint density at radius 2 is 1.76 bits per heavy atom. The van der Waals surface area contributed by atoms with Crippen LogP contribution in [-0.2, 0) is 19.6 Å². The lowest BCUT2D eigenvalue weighted by Crippen LogP contribution is -2.24. The molecule has 34 heavy (non-hydrogen) atoms. The zero-order valence-electron chi connectivity index (χ0n) is 18.5. The molecule has 1 aromatic heterocycles. The lowest BCUT2D eigenvalue weighted by atomic mass is 10.2. The van der Waals surface area contributed by atoms with E-state index in [9.17, 15) is 18.0 Å². The monoisotopic (exact) mass is 480 g/mol. The number of ether oxygens (including phenoxy) is 1. The molecule has 0 atom stereocenters. The molecule has 1 aliphatic rings. The second-order valence-electron chi connectivity index (χ2n) is 7.57. The molecule has 0 radical (unpaired) electrons. The number of anilines is 2. The van der Waals surface area contributed by atoms with Crippen LogP contribution in [0.3, 0.4) is 0 Å². The lowest BCUT2D eigenvalue weighted by Gasteiger charge is -2.16. The van der Waals surface area contributed by atoms with Crippen molar-refractivity contribution in [1.82, 2.24) is 9.78 Å². The average molecular weight is 481 g/mol. The summed E-state index contributed by atoms with van der Waals surface area (Å²) in [7, 11) is -3.21. The second kappa shape index (κ2) is 9.92. The molecule has 1 saturated heterocycles. The van der Waals surface area contributed by atoms with Crippen LogP contribution in [0.1, 0.15) is 29.4 Å². The van der Waals surface area contributed by atoms with Gasteiger partial charge in [0.2, 0.25) is 15.9 Å². The maximum absolute atomic E-state index is 12.3. The summed E-state index contributed by atoms with van der Waals surface area (Å²) in [5.41, 5.74) is 2.96. The molecule has 2 aromatic carbocycles. The van der Waals surface area contributed by atoms with Crippen molar-refractivity contribution in [3.63, 3.8) is 0 Å². The Morgan fingerprint density at radius 1 is 1.06 bits per heavy atom. The molecular weight excluding hydrogens is 456 g/mol. The first-order valence-corrected chi connectivity index (χ1v) is 12.4. The van der Waals surface area contributed by atoms with Crippen molar-refractivity contribution in [2.75, 3.05) is 28.5 Å². The van der Waals surface area contributed by atoms with E-state index in [0.29, 0.717) is 24.3 Å². The fourth-order valence-corrected chi connectivity index (χ4v) is 5.08. The number of sulfonamides is 1. The average Bonchev–Trinajstić information content (AvgIpc) is 3.45. The summed E-state index contributed by atoms with van der Waals surface area (Å²) in [4.78, 5) is 24.0. The summed E-state index contributed by atoms with van der Waals surface area (Å²) < 4.78 is 32.0. The van der Waals surface area contributed by atoms with Crippen LogP contribution in [0.2, 0.25) is 0 Å². The Morgan fingerprint density at radius 3 is 2.41 bits per heavy atom. The number of benzene rings is 2. The number of aromatic nitrogens is 2. The van der Waals surface area contributed by atoms with Crippen LogP contribution in [0.15, 0.2) is 66.9 Å². The first kappa shape index (κ1) is 23.2. The molecule has 9 nitrogen and oxygen atoms in total.